The number of carbonyl (C=O) groups excluding carboxylic acids is 1. The number of ether oxygens (including phenoxy) is 2. The fraction of sp³-hybridized carbons (Fsp3) is 0.321. The van der Waals surface area contributed by atoms with Crippen molar-refractivity contribution in [2.24, 2.45) is 0 Å². The van der Waals surface area contributed by atoms with Crippen LogP contribution in [0.4, 0.5) is 5.69 Å². The lowest BCUT2D eigenvalue weighted by molar-refractivity contribution is -0.119. The van der Waals surface area contributed by atoms with E-state index in [9.17, 15) is 13.2 Å². The number of sulfonamides is 1. The molecule has 0 aliphatic carbocycles. The van der Waals surface area contributed by atoms with Crippen molar-refractivity contribution < 1.29 is 22.7 Å². The molecule has 0 aromatic heterocycles. The number of benzene rings is 3. The fourth-order valence-electron chi connectivity index (χ4n) is 3.87. The van der Waals surface area contributed by atoms with E-state index in [1.165, 1.54) is 31.9 Å². The van der Waals surface area contributed by atoms with E-state index in [0.29, 0.717) is 23.7 Å². The largest absolute Gasteiger partial charge is 0.493 e. The third-order valence-electron chi connectivity index (χ3n) is 5.62. The normalized spacial score (nSPS) is 11.1. The minimum Gasteiger partial charge on any atom is -0.493 e. The van der Waals surface area contributed by atoms with Gasteiger partial charge in [-0.2, -0.15) is 11.8 Å². The van der Waals surface area contributed by atoms with Crippen LogP contribution in [-0.4, -0.2) is 47.4 Å². The predicted octanol–water partition coefficient (Wildman–Crippen LogP) is 4.96. The van der Waals surface area contributed by atoms with Crippen LogP contribution in [0, 0.1) is 13.8 Å². The maximum atomic E-state index is 13.8. The number of anilines is 1. The quantitative estimate of drug-likeness (QED) is 0.308. The summed E-state index contributed by atoms with van der Waals surface area (Å²) in [7, 11) is -1.15. The van der Waals surface area contributed by atoms with Crippen LogP contribution in [0.5, 0.6) is 11.5 Å². The Balaban J connectivity index is 1.71. The maximum absolute atomic E-state index is 13.8. The highest BCUT2D eigenvalue weighted by molar-refractivity contribution is 7.98. The first-order chi connectivity index (χ1) is 17.7. The predicted molar refractivity (Wildman–Crippen MR) is 150 cm³/mol. The van der Waals surface area contributed by atoms with Crippen LogP contribution in [0.1, 0.15) is 23.1 Å². The number of nitrogens with one attached hydrogen (secondary N) is 1. The van der Waals surface area contributed by atoms with Crippen molar-refractivity contribution in [2.75, 3.05) is 37.4 Å². The van der Waals surface area contributed by atoms with Crippen LogP contribution in [-0.2, 0) is 20.6 Å². The highest BCUT2D eigenvalue weighted by Crippen LogP contribution is 2.32. The summed E-state index contributed by atoms with van der Waals surface area (Å²) >= 11 is 1.80. The SMILES string of the molecule is COc1ccc(S(=O)(=O)N(CC(=O)NCCCSCc2ccccc2)c2cc(C)cc(C)c2)cc1OC. The van der Waals surface area contributed by atoms with Crippen LogP contribution >= 0.6 is 11.8 Å². The lowest BCUT2D eigenvalue weighted by atomic mass is 10.1. The van der Waals surface area contributed by atoms with E-state index in [2.05, 4.69) is 17.4 Å². The zero-order valence-corrected chi connectivity index (χ0v) is 23.3. The first-order valence-corrected chi connectivity index (χ1v) is 14.6. The molecule has 0 saturated carbocycles. The Morgan fingerprint density at radius 1 is 0.919 bits per heavy atom. The van der Waals surface area contributed by atoms with Gasteiger partial charge >= 0.3 is 0 Å². The minimum absolute atomic E-state index is 0.00872. The number of amides is 1. The van der Waals surface area contributed by atoms with Crippen molar-refractivity contribution in [1.29, 1.82) is 0 Å². The molecule has 0 fully saturated rings. The number of nitrogens with zero attached hydrogens (tertiary/aromatic N) is 1. The lowest BCUT2D eigenvalue weighted by Crippen LogP contribution is -2.41. The van der Waals surface area contributed by atoms with Gasteiger partial charge in [-0.3, -0.25) is 9.10 Å². The second-order valence-electron chi connectivity index (χ2n) is 8.62. The first-order valence-electron chi connectivity index (χ1n) is 12.0. The van der Waals surface area contributed by atoms with E-state index < -0.39 is 10.0 Å². The van der Waals surface area contributed by atoms with E-state index in [-0.39, 0.29) is 17.3 Å². The van der Waals surface area contributed by atoms with Gasteiger partial charge in [-0.25, -0.2) is 8.42 Å². The summed E-state index contributed by atoms with van der Waals surface area (Å²) in [5.41, 5.74) is 3.50. The van der Waals surface area contributed by atoms with E-state index in [4.69, 9.17) is 9.47 Å². The molecule has 0 spiro atoms. The Morgan fingerprint density at radius 2 is 1.59 bits per heavy atom. The summed E-state index contributed by atoms with van der Waals surface area (Å²) in [6.07, 6.45) is 0.787. The Labute approximate surface area is 224 Å². The molecule has 37 heavy (non-hydrogen) atoms. The lowest BCUT2D eigenvalue weighted by Gasteiger charge is -2.25. The first kappa shape index (κ1) is 28.4. The third-order valence-corrected chi connectivity index (χ3v) is 8.51. The van der Waals surface area contributed by atoms with Gasteiger partial charge in [0.15, 0.2) is 11.5 Å². The van der Waals surface area contributed by atoms with E-state index in [0.717, 1.165) is 33.4 Å². The second kappa shape index (κ2) is 13.4. The van der Waals surface area contributed by atoms with Crippen LogP contribution in [0.15, 0.2) is 71.6 Å². The van der Waals surface area contributed by atoms with Crippen molar-refractivity contribution in [3.8, 4) is 11.5 Å². The topological polar surface area (TPSA) is 84.9 Å². The molecule has 1 N–H and O–H groups in total. The molecule has 0 radical (unpaired) electrons. The maximum Gasteiger partial charge on any atom is 0.264 e. The molecular formula is C28H34N2O5S2. The van der Waals surface area contributed by atoms with Crippen molar-refractivity contribution in [3.63, 3.8) is 0 Å². The van der Waals surface area contributed by atoms with Gasteiger partial charge in [-0.1, -0.05) is 36.4 Å². The molecule has 0 unspecified atom stereocenters. The molecule has 9 heteroatoms. The Bertz CT molecular complexity index is 1280. The Hall–Kier alpha value is -3.17. The molecule has 7 nitrogen and oxygen atoms in total. The molecule has 0 bridgehead atoms. The minimum atomic E-state index is -4.08. The van der Waals surface area contributed by atoms with E-state index in [1.54, 1.807) is 30.0 Å². The van der Waals surface area contributed by atoms with Gasteiger partial charge in [-0.15, -0.1) is 0 Å². The number of hydrogen-bond acceptors (Lipinski definition) is 6. The molecule has 0 aliphatic heterocycles. The average Bonchev–Trinajstić information content (AvgIpc) is 2.88. The molecule has 1 amide bonds. The number of carbonyl (C=O) groups is 1. The molecule has 0 saturated heterocycles. The number of rotatable bonds is 13. The smallest absolute Gasteiger partial charge is 0.264 e. The number of thioether (sulfide) groups is 1. The highest BCUT2D eigenvalue weighted by Gasteiger charge is 2.28. The standard InChI is InChI=1S/C28H34N2O5S2/c1-21-15-22(2)17-24(16-21)30(37(32,33)25-11-12-26(34-3)27(18-25)35-4)19-28(31)29-13-8-14-36-20-23-9-6-5-7-10-23/h5-7,9-12,15-18H,8,13-14,19-20H2,1-4H3,(H,29,31). The monoisotopic (exact) mass is 542 g/mol. The molecule has 3 aromatic carbocycles. The zero-order valence-electron chi connectivity index (χ0n) is 21.7. The van der Waals surface area contributed by atoms with Crippen LogP contribution < -0.4 is 19.1 Å². The van der Waals surface area contributed by atoms with Crippen LogP contribution in [0.25, 0.3) is 0 Å². The van der Waals surface area contributed by atoms with Crippen molar-refractivity contribution in [3.05, 3.63) is 83.4 Å². The fourth-order valence-corrected chi connectivity index (χ4v) is 6.21. The molecule has 198 valence electrons. The summed E-state index contributed by atoms with van der Waals surface area (Å²) in [6, 6.07) is 20.1. The molecule has 0 atom stereocenters. The van der Waals surface area contributed by atoms with Gasteiger partial charge in [0, 0.05) is 18.4 Å². The molecule has 3 aromatic rings. The summed E-state index contributed by atoms with van der Waals surface area (Å²) in [5.74, 6) is 2.15. The van der Waals surface area contributed by atoms with Crippen molar-refractivity contribution >= 4 is 33.4 Å². The highest BCUT2D eigenvalue weighted by atomic mass is 32.2. The molecule has 0 heterocycles. The van der Waals surface area contributed by atoms with E-state index in [1.807, 2.05) is 38.1 Å². The average molecular weight is 543 g/mol. The number of aryl methyl sites for hydroxylation is 2. The number of methoxy groups -OCH3 is 2. The zero-order chi connectivity index (χ0) is 26.8. The summed E-state index contributed by atoms with van der Waals surface area (Å²) in [6.45, 7) is 3.92. The molecule has 0 aliphatic rings. The van der Waals surface area contributed by atoms with Gasteiger partial charge in [0.25, 0.3) is 10.0 Å². The van der Waals surface area contributed by atoms with Crippen LogP contribution in [0.2, 0.25) is 0 Å². The van der Waals surface area contributed by atoms with E-state index >= 15 is 0 Å². The molecule has 3 rings (SSSR count). The third kappa shape index (κ3) is 7.90. The van der Waals surface area contributed by atoms with Crippen molar-refractivity contribution in [2.45, 2.75) is 30.9 Å². The van der Waals surface area contributed by atoms with Gasteiger partial charge in [0.05, 0.1) is 24.8 Å². The number of hydrogen-bond donors (Lipinski definition) is 1. The van der Waals surface area contributed by atoms with Gasteiger partial charge in [0.2, 0.25) is 5.91 Å². The molecular weight excluding hydrogens is 508 g/mol. The van der Waals surface area contributed by atoms with Gasteiger partial charge in [0.1, 0.15) is 6.54 Å². The summed E-state index contributed by atoms with van der Waals surface area (Å²) in [4.78, 5) is 12.9. The Morgan fingerprint density at radius 3 is 2.24 bits per heavy atom. The van der Waals surface area contributed by atoms with Crippen molar-refractivity contribution in [1.82, 2.24) is 5.32 Å². The second-order valence-corrected chi connectivity index (χ2v) is 11.6. The summed E-state index contributed by atoms with van der Waals surface area (Å²) in [5, 5.41) is 2.87. The van der Waals surface area contributed by atoms with Gasteiger partial charge in [-0.05, 0) is 67.0 Å². The Kier molecular flexibility index (Phi) is 10.3. The summed E-state index contributed by atoms with van der Waals surface area (Å²) < 4.78 is 39.2. The van der Waals surface area contributed by atoms with Crippen LogP contribution in [0.3, 0.4) is 0 Å². The van der Waals surface area contributed by atoms with Gasteiger partial charge < -0.3 is 14.8 Å².